The van der Waals surface area contributed by atoms with Gasteiger partial charge in [0, 0.05) is 19.0 Å². The summed E-state index contributed by atoms with van der Waals surface area (Å²) < 4.78 is 6.95. The first-order valence-corrected chi connectivity index (χ1v) is 6.40. The smallest absolute Gasteiger partial charge is 0.109 e. The maximum atomic E-state index is 10.4. The lowest BCUT2D eigenvalue weighted by Crippen LogP contribution is -2.23. The van der Waals surface area contributed by atoms with Crippen molar-refractivity contribution >= 4 is 10.9 Å². The number of ether oxygens (including phenoxy) is 1. The van der Waals surface area contributed by atoms with Gasteiger partial charge in [0.05, 0.1) is 24.4 Å². The van der Waals surface area contributed by atoms with Crippen LogP contribution in [-0.4, -0.2) is 54.1 Å². The standard InChI is InChI=1S/C14H21N3O2/c1-16(2)10-13(18)14-11-6-4-5-7-12(11)15-17(14)8-9-19-3/h4-7,13,18H,8-10H2,1-3H3/t13-/m1/s1. The summed E-state index contributed by atoms with van der Waals surface area (Å²) in [4.78, 5) is 1.97. The minimum absolute atomic E-state index is 0.556. The Morgan fingerprint density at radius 3 is 2.79 bits per heavy atom. The van der Waals surface area contributed by atoms with Crippen molar-refractivity contribution in [1.82, 2.24) is 14.7 Å². The molecule has 0 saturated carbocycles. The maximum absolute atomic E-state index is 10.4. The zero-order valence-corrected chi connectivity index (χ0v) is 11.7. The molecule has 1 aromatic heterocycles. The quantitative estimate of drug-likeness (QED) is 0.853. The minimum Gasteiger partial charge on any atom is -0.385 e. The van der Waals surface area contributed by atoms with E-state index in [9.17, 15) is 5.11 Å². The summed E-state index contributed by atoms with van der Waals surface area (Å²) >= 11 is 0. The molecule has 1 atom stereocenters. The number of benzene rings is 1. The average molecular weight is 263 g/mol. The van der Waals surface area contributed by atoms with Gasteiger partial charge in [-0.05, 0) is 20.2 Å². The van der Waals surface area contributed by atoms with E-state index in [1.54, 1.807) is 7.11 Å². The van der Waals surface area contributed by atoms with E-state index in [4.69, 9.17) is 4.74 Å². The SMILES string of the molecule is COCCn1nc2ccccc2c1[C@H](O)CN(C)C. The summed E-state index contributed by atoms with van der Waals surface area (Å²) in [6.07, 6.45) is -0.556. The molecule has 19 heavy (non-hydrogen) atoms. The molecule has 0 aliphatic heterocycles. The van der Waals surface area contributed by atoms with Gasteiger partial charge in [0.1, 0.15) is 6.10 Å². The third kappa shape index (κ3) is 3.12. The van der Waals surface area contributed by atoms with E-state index in [2.05, 4.69) is 5.10 Å². The van der Waals surface area contributed by atoms with Gasteiger partial charge in [-0.15, -0.1) is 0 Å². The van der Waals surface area contributed by atoms with E-state index < -0.39 is 6.10 Å². The maximum Gasteiger partial charge on any atom is 0.109 e. The summed E-state index contributed by atoms with van der Waals surface area (Å²) in [6.45, 7) is 1.79. The molecule has 0 saturated heterocycles. The second kappa shape index (κ2) is 6.14. The predicted molar refractivity (Wildman–Crippen MR) is 75.1 cm³/mol. The zero-order chi connectivity index (χ0) is 13.8. The van der Waals surface area contributed by atoms with Gasteiger partial charge in [0.2, 0.25) is 0 Å². The van der Waals surface area contributed by atoms with Crippen molar-refractivity contribution in [1.29, 1.82) is 0 Å². The van der Waals surface area contributed by atoms with Crippen LogP contribution in [0.2, 0.25) is 0 Å². The lowest BCUT2D eigenvalue weighted by molar-refractivity contribution is 0.125. The monoisotopic (exact) mass is 263 g/mol. The van der Waals surface area contributed by atoms with Gasteiger partial charge in [-0.25, -0.2) is 0 Å². The summed E-state index contributed by atoms with van der Waals surface area (Å²) in [6, 6.07) is 7.89. The average Bonchev–Trinajstić information content (AvgIpc) is 2.73. The molecule has 0 unspecified atom stereocenters. The highest BCUT2D eigenvalue weighted by molar-refractivity contribution is 5.81. The Morgan fingerprint density at radius 1 is 1.37 bits per heavy atom. The zero-order valence-electron chi connectivity index (χ0n) is 11.7. The number of aliphatic hydroxyl groups excluding tert-OH is 1. The van der Waals surface area contributed by atoms with Crippen LogP contribution in [-0.2, 0) is 11.3 Å². The molecule has 0 aliphatic carbocycles. The summed E-state index contributed by atoms with van der Waals surface area (Å²) in [5, 5.41) is 16.0. The topological polar surface area (TPSA) is 50.5 Å². The third-order valence-corrected chi connectivity index (χ3v) is 3.05. The molecule has 2 aromatic rings. The van der Waals surface area contributed by atoms with Crippen molar-refractivity contribution in [3.8, 4) is 0 Å². The van der Waals surface area contributed by atoms with Crippen LogP contribution in [0.4, 0.5) is 0 Å². The van der Waals surface area contributed by atoms with Crippen LogP contribution in [0.15, 0.2) is 24.3 Å². The van der Waals surface area contributed by atoms with Gasteiger partial charge in [-0.1, -0.05) is 18.2 Å². The second-order valence-corrected chi connectivity index (χ2v) is 4.90. The van der Waals surface area contributed by atoms with Crippen molar-refractivity contribution in [2.24, 2.45) is 0 Å². The number of hydrogen-bond acceptors (Lipinski definition) is 4. The van der Waals surface area contributed by atoms with Crippen LogP contribution in [0.25, 0.3) is 10.9 Å². The number of nitrogens with zero attached hydrogens (tertiary/aromatic N) is 3. The Balaban J connectivity index is 2.41. The van der Waals surface area contributed by atoms with Gasteiger partial charge < -0.3 is 14.7 Å². The largest absolute Gasteiger partial charge is 0.385 e. The van der Waals surface area contributed by atoms with Gasteiger partial charge >= 0.3 is 0 Å². The second-order valence-electron chi connectivity index (χ2n) is 4.90. The van der Waals surface area contributed by atoms with E-state index in [0.29, 0.717) is 19.7 Å². The highest BCUT2D eigenvalue weighted by atomic mass is 16.5. The molecule has 5 heteroatoms. The van der Waals surface area contributed by atoms with Gasteiger partial charge in [-0.3, -0.25) is 4.68 Å². The summed E-state index contributed by atoms with van der Waals surface area (Å²) in [5.74, 6) is 0. The Labute approximate surface area is 113 Å². The summed E-state index contributed by atoms with van der Waals surface area (Å²) in [7, 11) is 5.56. The Bertz CT molecular complexity index is 536. The van der Waals surface area contributed by atoms with Crippen LogP contribution in [0.1, 0.15) is 11.8 Å². The molecule has 0 spiro atoms. The fourth-order valence-corrected chi connectivity index (χ4v) is 2.23. The first-order valence-electron chi connectivity index (χ1n) is 6.40. The van der Waals surface area contributed by atoms with Crippen LogP contribution in [0, 0.1) is 0 Å². The normalized spacial score (nSPS) is 13.3. The van der Waals surface area contributed by atoms with Crippen LogP contribution < -0.4 is 0 Å². The fraction of sp³-hybridized carbons (Fsp3) is 0.500. The molecule has 0 fully saturated rings. The number of rotatable bonds is 6. The molecule has 5 nitrogen and oxygen atoms in total. The van der Waals surface area contributed by atoms with Crippen molar-refractivity contribution < 1.29 is 9.84 Å². The highest BCUT2D eigenvalue weighted by Gasteiger charge is 2.19. The Hall–Kier alpha value is -1.43. The van der Waals surface area contributed by atoms with Crippen molar-refractivity contribution in [2.45, 2.75) is 12.6 Å². The van der Waals surface area contributed by atoms with E-state index in [1.165, 1.54) is 0 Å². The molecule has 0 aliphatic rings. The predicted octanol–water partition coefficient (Wildman–Crippen LogP) is 1.28. The van der Waals surface area contributed by atoms with E-state index in [0.717, 1.165) is 16.6 Å². The Kier molecular flexibility index (Phi) is 4.52. The molecule has 0 radical (unpaired) electrons. The lowest BCUT2D eigenvalue weighted by atomic mass is 10.1. The minimum atomic E-state index is -0.556. The molecule has 0 bridgehead atoms. The fourth-order valence-electron chi connectivity index (χ4n) is 2.23. The number of aliphatic hydroxyl groups is 1. The number of hydrogen-bond donors (Lipinski definition) is 1. The van der Waals surface area contributed by atoms with Gasteiger partial charge in [0.25, 0.3) is 0 Å². The molecular weight excluding hydrogens is 242 g/mol. The molecular formula is C14H21N3O2. The molecule has 2 rings (SSSR count). The van der Waals surface area contributed by atoms with Crippen LogP contribution >= 0.6 is 0 Å². The molecule has 0 amide bonds. The number of likely N-dealkylation sites (N-methyl/N-ethyl adjacent to an activating group) is 1. The van der Waals surface area contributed by atoms with Gasteiger partial charge in [-0.2, -0.15) is 5.10 Å². The van der Waals surface area contributed by atoms with Crippen molar-refractivity contribution in [3.05, 3.63) is 30.0 Å². The van der Waals surface area contributed by atoms with Crippen LogP contribution in [0.5, 0.6) is 0 Å². The Morgan fingerprint density at radius 2 is 2.11 bits per heavy atom. The van der Waals surface area contributed by atoms with Crippen molar-refractivity contribution in [3.63, 3.8) is 0 Å². The molecule has 104 valence electrons. The molecule has 1 N–H and O–H groups in total. The first kappa shape index (κ1) is 14.0. The third-order valence-electron chi connectivity index (χ3n) is 3.05. The van der Waals surface area contributed by atoms with E-state index in [-0.39, 0.29) is 0 Å². The van der Waals surface area contributed by atoms with Gasteiger partial charge in [0.15, 0.2) is 0 Å². The molecule has 1 aromatic carbocycles. The summed E-state index contributed by atoms with van der Waals surface area (Å²) in [5.41, 5.74) is 1.77. The van der Waals surface area contributed by atoms with Crippen LogP contribution in [0.3, 0.4) is 0 Å². The first-order chi connectivity index (χ1) is 9.13. The number of aromatic nitrogens is 2. The lowest BCUT2D eigenvalue weighted by Gasteiger charge is -2.17. The molecule has 1 heterocycles. The highest BCUT2D eigenvalue weighted by Crippen LogP contribution is 2.24. The van der Waals surface area contributed by atoms with E-state index in [1.807, 2.05) is 47.9 Å². The van der Waals surface area contributed by atoms with Crippen molar-refractivity contribution in [2.75, 3.05) is 34.4 Å². The van der Waals surface area contributed by atoms with E-state index >= 15 is 0 Å². The number of fused-ring (bicyclic) bond motifs is 1. The number of methoxy groups -OCH3 is 1.